The summed E-state index contributed by atoms with van der Waals surface area (Å²) in [6, 6.07) is 25.2. The van der Waals surface area contributed by atoms with E-state index in [0.29, 0.717) is 6.42 Å². The molecule has 0 spiro atoms. The maximum Gasteiger partial charge on any atom is 0.164 e. The molecule has 0 aromatic heterocycles. The molecule has 0 saturated carbocycles. The third-order valence-electron chi connectivity index (χ3n) is 5.90. The summed E-state index contributed by atoms with van der Waals surface area (Å²) >= 11 is 3.60. The minimum absolute atomic E-state index is 0.0687. The van der Waals surface area contributed by atoms with Gasteiger partial charge in [-0.1, -0.05) is 83.5 Å². The van der Waals surface area contributed by atoms with Crippen molar-refractivity contribution in [3.05, 3.63) is 105 Å². The molecule has 0 amide bonds. The molecule has 1 aliphatic rings. The van der Waals surface area contributed by atoms with Gasteiger partial charge in [-0.3, -0.25) is 9.69 Å². The van der Waals surface area contributed by atoms with E-state index in [0.717, 1.165) is 36.0 Å². The summed E-state index contributed by atoms with van der Waals surface area (Å²) in [4.78, 5) is 15.6. The highest BCUT2D eigenvalue weighted by atomic mass is 79.9. The van der Waals surface area contributed by atoms with E-state index in [4.69, 9.17) is 0 Å². The van der Waals surface area contributed by atoms with Gasteiger partial charge in [-0.05, 0) is 47.2 Å². The van der Waals surface area contributed by atoms with Crippen molar-refractivity contribution in [2.24, 2.45) is 0 Å². The van der Waals surface area contributed by atoms with Crippen molar-refractivity contribution in [3.8, 4) is 0 Å². The first kappa shape index (κ1) is 20.1. The number of fused-ring (bicyclic) bond motifs is 1. The molecule has 4 rings (SSSR count). The van der Waals surface area contributed by atoms with Gasteiger partial charge in [-0.25, -0.2) is 0 Å². The molecule has 3 aromatic rings. The second kappa shape index (κ2) is 9.06. The minimum Gasteiger partial charge on any atom is -0.294 e. The average molecular weight is 448 g/mol. The molecule has 2 nitrogen and oxygen atoms in total. The van der Waals surface area contributed by atoms with Crippen LogP contribution in [-0.2, 0) is 19.4 Å². The maximum atomic E-state index is 13.2. The lowest BCUT2D eigenvalue weighted by atomic mass is 9.92. The Bertz CT molecular complexity index is 996. The quantitative estimate of drug-likeness (QED) is 0.408. The van der Waals surface area contributed by atoms with Crippen molar-refractivity contribution in [2.45, 2.75) is 38.8 Å². The molecular formula is C26H26BrNO. The third kappa shape index (κ3) is 4.68. The molecule has 0 unspecified atom stereocenters. The van der Waals surface area contributed by atoms with Crippen molar-refractivity contribution < 1.29 is 4.79 Å². The highest BCUT2D eigenvalue weighted by Crippen LogP contribution is 2.32. The van der Waals surface area contributed by atoms with Crippen LogP contribution in [0.4, 0.5) is 0 Å². The van der Waals surface area contributed by atoms with Gasteiger partial charge in [0.25, 0.3) is 0 Å². The number of hydrogen-bond acceptors (Lipinski definition) is 2. The number of nitrogens with zero attached hydrogens (tertiary/aromatic N) is 1. The standard InChI is InChI=1S/C26H26BrNO/c1-2-19-10-12-21(13-11-19)26(29)17-25(22-8-5-9-24(27)16-22)28-15-14-20-6-3-4-7-23(20)18-28/h3-13,16,25H,2,14-15,17-18H2,1H3/t25-/m1/s1. The number of aryl methyl sites for hydroxylation is 1. The van der Waals surface area contributed by atoms with Gasteiger partial charge in [0, 0.05) is 35.6 Å². The number of carbonyl (C=O) groups excluding carboxylic acids is 1. The summed E-state index contributed by atoms with van der Waals surface area (Å²) in [5, 5.41) is 0. The molecule has 0 fully saturated rings. The zero-order valence-electron chi connectivity index (χ0n) is 16.8. The van der Waals surface area contributed by atoms with Crippen molar-refractivity contribution in [1.82, 2.24) is 4.90 Å². The second-order valence-electron chi connectivity index (χ2n) is 7.74. The second-order valence-corrected chi connectivity index (χ2v) is 8.65. The van der Waals surface area contributed by atoms with Crippen LogP contribution < -0.4 is 0 Å². The smallest absolute Gasteiger partial charge is 0.164 e. The lowest BCUT2D eigenvalue weighted by molar-refractivity contribution is 0.0903. The number of benzene rings is 3. The molecule has 0 N–H and O–H groups in total. The Morgan fingerprint density at radius 1 is 1.00 bits per heavy atom. The molecule has 148 valence electrons. The Labute approximate surface area is 181 Å². The van der Waals surface area contributed by atoms with Crippen LogP contribution in [0.1, 0.15) is 52.0 Å². The predicted molar refractivity (Wildman–Crippen MR) is 122 cm³/mol. The summed E-state index contributed by atoms with van der Waals surface area (Å²) in [5.41, 5.74) is 6.06. The Morgan fingerprint density at radius 3 is 2.48 bits per heavy atom. The fraction of sp³-hybridized carbons (Fsp3) is 0.269. The fourth-order valence-corrected chi connectivity index (χ4v) is 4.59. The van der Waals surface area contributed by atoms with Crippen LogP contribution in [-0.4, -0.2) is 17.2 Å². The molecule has 0 bridgehead atoms. The number of halogens is 1. The molecule has 0 radical (unpaired) electrons. The summed E-state index contributed by atoms with van der Waals surface area (Å²) < 4.78 is 1.05. The molecule has 0 aliphatic carbocycles. The van der Waals surface area contributed by atoms with Crippen LogP contribution in [0.15, 0.2) is 77.3 Å². The summed E-state index contributed by atoms with van der Waals surface area (Å²) in [7, 11) is 0. The molecule has 0 saturated heterocycles. The SMILES string of the molecule is CCc1ccc(C(=O)C[C@H](c2cccc(Br)c2)N2CCc3ccccc3C2)cc1. The van der Waals surface area contributed by atoms with Gasteiger partial charge in [-0.15, -0.1) is 0 Å². The lowest BCUT2D eigenvalue weighted by Gasteiger charge is -2.36. The van der Waals surface area contributed by atoms with Gasteiger partial charge >= 0.3 is 0 Å². The Morgan fingerprint density at radius 2 is 1.76 bits per heavy atom. The van der Waals surface area contributed by atoms with Crippen LogP contribution >= 0.6 is 15.9 Å². The predicted octanol–water partition coefficient (Wildman–Crippen LogP) is 6.38. The summed E-state index contributed by atoms with van der Waals surface area (Å²) in [6.45, 7) is 3.99. The van der Waals surface area contributed by atoms with Gasteiger partial charge < -0.3 is 0 Å². The van der Waals surface area contributed by atoms with Gasteiger partial charge in [0.05, 0.1) is 0 Å². The van der Waals surface area contributed by atoms with Crippen molar-refractivity contribution in [2.75, 3.05) is 6.54 Å². The number of hydrogen-bond donors (Lipinski definition) is 0. The normalized spacial score (nSPS) is 15.0. The third-order valence-corrected chi connectivity index (χ3v) is 6.39. The van der Waals surface area contributed by atoms with Crippen molar-refractivity contribution >= 4 is 21.7 Å². The zero-order chi connectivity index (χ0) is 20.2. The number of rotatable bonds is 6. The van der Waals surface area contributed by atoms with E-state index in [1.54, 1.807) is 0 Å². The molecule has 3 aromatic carbocycles. The monoisotopic (exact) mass is 447 g/mol. The van der Waals surface area contributed by atoms with E-state index in [1.165, 1.54) is 22.3 Å². The lowest BCUT2D eigenvalue weighted by Crippen LogP contribution is -2.35. The van der Waals surface area contributed by atoms with Gasteiger partial charge in [0.15, 0.2) is 5.78 Å². The van der Waals surface area contributed by atoms with E-state index in [9.17, 15) is 4.79 Å². The summed E-state index contributed by atoms with van der Waals surface area (Å²) in [6.07, 6.45) is 2.51. The number of carbonyl (C=O) groups is 1. The first-order chi connectivity index (χ1) is 14.1. The van der Waals surface area contributed by atoms with Gasteiger partial charge in [-0.2, -0.15) is 0 Å². The van der Waals surface area contributed by atoms with E-state index < -0.39 is 0 Å². The zero-order valence-corrected chi connectivity index (χ0v) is 18.4. The first-order valence-electron chi connectivity index (χ1n) is 10.3. The minimum atomic E-state index is 0.0687. The van der Waals surface area contributed by atoms with Crippen LogP contribution in [0, 0.1) is 0 Å². The maximum absolute atomic E-state index is 13.2. The Balaban J connectivity index is 1.61. The van der Waals surface area contributed by atoms with Crippen molar-refractivity contribution in [1.29, 1.82) is 0 Å². The molecule has 3 heteroatoms. The topological polar surface area (TPSA) is 20.3 Å². The molecule has 1 aliphatic heterocycles. The molecular weight excluding hydrogens is 422 g/mol. The van der Waals surface area contributed by atoms with Crippen molar-refractivity contribution in [3.63, 3.8) is 0 Å². The van der Waals surface area contributed by atoms with E-state index in [2.05, 4.69) is 82.4 Å². The van der Waals surface area contributed by atoms with E-state index >= 15 is 0 Å². The van der Waals surface area contributed by atoms with Gasteiger partial charge in [0.1, 0.15) is 0 Å². The number of Topliss-reactive ketones (excluding diaryl/α,β-unsaturated/α-hetero) is 1. The van der Waals surface area contributed by atoms with Crippen LogP contribution in [0.2, 0.25) is 0 Å². The molecule has 1 heterocycles. The van der Waals surface area contributed by atoms with Crippen LogP contribution in [0.3, 0.4) is 0 Å². The molecule has 29 heavy (non-hydrogen) atoms. The Kier molecular flexibility index (Phi) is 6.27. The largest absolute Gasteiger partial charge is 0.294 e. The van der Waals surface area contributed by atoms with Crippen LogP contribution in [0.5, 0.6) is 0 Å². The fourth-order valence-electron chi connectivity index (χ4n) is 4.18. The van der Waals surface area contributed by atoms with E-state index in [-0.39, 0.29) is 11.8 Å². The average Bonchev–Trinajstić information content (AvgIpc) is 2.77. The molecule has 1 atom stereocenters. The highest BCUT2D eigenvalue weighted by molar-refractivity contribution is 9.10. The summed E-state index contributed by atoms with van der Waals surface area (Å²) in [5.74, 6) is 0.205. The highest BCUT2D eigenvalue weighted by Gasteiger charge is 2.27. The van der Waals surface area contributed by atoms with E-state index in [1.807, 2.05) is 18.2 Å². The van der Waals surface area contributed by atoms with Gasteiger partial charge in [0.2, 0.25) is 0 Å². The first-order valence-corrected chi connectivity index (χ1v) is 11.1. The van der Waals surface area contributed by atoms with Crippen LogP contribution in [0.25, 0.3) is 0 Å². The number of ketones is 1. The Hall–Kier alpha value is -2.23.